The first-order valence-electron chi connectivity index (χ1n) is 9.09. The third-order valence-corrected chi connectivity index (χ3v) is 5.06. The van der Waals surface area contributed by atoms with Gasteiger partial charge in [0.25, 0.3) is 5.91 Å². The van der Waals surface area contributed by atoms with Crippen LogP contribution < -0.4 is 10.1 Å². The molecule has 1 atom stereocenters. The van der Waals surface area contributed by atoms with Crippen molar-refractivity contribution in [3.63, 3.8) is 0 Å². The predicted molar refractivity (Wildman–Crippen MR) is 109 cm³/mol. The molecule has 27 heavy (non-hydrogen) atoms. The topological polar surface area (TPSA) is 51.2 Å². The second-order valence-electron chi connectivity index (χ2n) is 6.57. The van der Waals surface area contributed by atoms with E-state index in [2.05, 4.69) is 22.4 Å². The summed E-state index contributed by atoms with van der Waals surface area (Å²) in [4.78, 5) is 16.9. The molecule has 3 rings (SSSR count). The number of aryl methyl sites for hydroxylation is 2. The van der Waals surface area contributed by atoms with E-state index in [0.29, 0.717) is 17.9 Å². The lowest BCUT2D eigenvalue weighted by atomic mass is 10.1. The summed E-state index contributed by atoms with van der Waals surface area (Å²) in [6, 6.07) is 17.7. The summed E-state index contributed by atoms with van der Waals surface area (Å²) < 4.78 is 5.77. The normalized spacial score (nSPS) is 11.8. The molecule has 1 heterocycles. The first-order chi connectivity index (χ1) is 13.1. The number of hydrogen-bond acceptors (Lipinski definition) is 4. The van der Waals surface area contributed by atoms with Gasteiger partial charge in [0.05, 0.1) is 10.7 Å². The van der Waals surface area contributed by atoms with Crippen molar-refractivity contribution in [2.24, 2.45) is 0 Å². The number of amides is 1. The van der Waals surface area contributed by atoms with Crippen LogP contribution in [0.5, 0.6) is 5.75 Å². The predicted octanol–water partition coefficient (Wildman–Crippen LogP) is 4.78. The summed E-state index contributed by atoms with van der Waals surface area (Å²) in [5.74, 6) is 0.593. The van der Waals surface area contributed by atoms with Crippen molar-refractivity contribution in [3.8, 4) is 5.75 Å². The van der Waals surface area contributed by atoms with E-state index < -0.39 is 0 Å². The molecule has 0 saturated heterocycles. The third-order valence-electron chi connectivity index (χ3n) is 4.24. The molecule has 0 radical (unpaired) electrons. The summed E-state index contributed by atoms with van der Waals surface area (Å²) in [6.07, 6.45) is 1.84. The van der Waals surface area contributed by atoms with Crippen LogP contribution in [-0.4, -0.2) is 16.9 Å². The van der Waals surface area contributed by atoms with Crippen molar-refractivity contribution in [3.05, 3.63) is 81.8 Å². The molecule has 1 amide bonds. The van der Waals surface area contributed by atoms with Gasteiger partial charge in [-0.2, -0.15) is 0 Å². The van der Waals surface area contributed by atoms with Gasteiger partial charge >= 0.3 is 0 Å². The second-order valence-corrected chi connectivity index (χ2v) is 7.64. The van der Waals surface area contributed by atoms with Gasteiger partial charge in [-0.3, -0.25) is 4.79 Å². The minimum atomic E-state index is -0.0782. The lowest BCUT2D eigenvalue weighted by Gasteiger charge is -2.14. The zero-order chi connectivity index (χ0) is 19.1. The Balaban J connectivity index is 1.51. The molecule has 1 aromatic heterocycles. The summed E-state index contributed by atoms with van der Waals surface area (Å²) in [5.41, 5.74) is 2.79. The van der Waals surface area contributed by atoms with E-state index in [9.17, 15) is 4.79 Å². The molecule has 0 saturated carbocycles. The number of benzene rings is 2. The molecule has 0 aliphatic carbocycles. The van der Waals surface area contributed by atoms with Gasteiger partial charge < -0.3 is 10.1 Å². The van der Waals surface area contributed by atoms with Crippen molar-refractivity contribution < 1.29 is 9.53 Å². The number of nitrogens with one attached hydrogen (secondary N) is 1. The number of carbonyl (C=O) groups is 1. The smallest absolute Gasteiger partial charge is 0.251 e. The fourth-order valence-electron chi connectivity index (χ4n) is 2.77. The van der Waals surface area contributed by atoms with Crippen LogP contribution in [0, 0.1) is 6.92 Å². The molecule has 4 nitrogen and oxygen atoms in total. The number of thiazole rings is 1. The SMILES string of the molecule is Cc1nc(COc2cccc(C(=O)NC(C)CCc3ccccc3)c2)cs1. The molecule has 140 valence electrons. The van der Waals surface area contributed by atoms with Gasteiger partial charge in [-0.1, -0.05) is 36.4 Å². The van der Waals surface area contributed by atoms with Crippen LogP contribution >= 0.6 is 11.3 Å². The summed E-state index contributed by atoms with van der Waals surface area (Å²) >= 11 is 1.60. The zero-order valence-corrected chi connectivity index (χ0v) is 16.5. The van der Waals surface area contributed by atoms with Gasteiger partial charge in [0, 0.05) is 17.0 Å². The van der Waals surface area contributed by atoms with Gasteiger partial charge in [0.15, 0.2) is 0 Å². The van der Waals surface area contributed by atoms with Gasteiger partial charge in [-0.25, -0.2) is 4.98 Å². The Morgan fingerprint density at radius 3 is 2.74 bits per heavy atom. The first kappa shape index (κ1) is 19.1. The molecule has 5 heteroatoms. The highest BCUT2D eigenvalue weighted by atomic mass is 32.1. The highest BCUT2D eigenvalue weighted by Gasteiger charge is 2.11. The maximum Gasteiger partial charge on any atom is 0.251 e. The molecule has 1 unspecified atom stereocenters. The maximum absolute atomic E-state index is 12.5. The number of ether oxygens (including phenoxy) is 1. The minimum Gasteiger partial charge on any atom is -0.487 e. The van der Waals surface area contributed by atoms with Crippen molar-refractivity contribution in [1.29, 1.82) is 0 Å². The van der Waals surface area contributed by atoms with Crippen molar-refractivity contribution in [1.82, 2.24) is 10.3 Å². The number of nitrogens with zero attached hydrogens (tertiary/aromatic N) is 1. The quantitative estimate of drug-likeness (QED) is 0.612. The van der Waals surface area contributed by atoms with E-state index in [0.717, 1.165) is 23.5 Å². The van der Waals surface area contributed by atoms with Crippen molar-refractivity contribution >= 4 is 17.2 Å². The van der Waals surface area contributed by atoms with E-state index >= 15 is 0 Å². The summed E-state index contributed by atoms with van der Waals surface area (Å²) in [6.45, 7) is 4.41. The van der Waals surface area contributed by atoms with Crippen LogP contribution in [0.2, 0.25) is 0 Å². The van der Waals surface area contributed by atoms with E-state index in [1.165, 1.54) is 5.56 Å². The number of rotatable bonds is 8. The lowest BCUT2D eigenvalue weighted by molar-refractivity contribution is 0.0938. The fraction of sp³-hybridized carbons (Fsp3) is 0.273. The van der Waals surface area contributed by atoms with Gasteiger partial charge in [0.1, 0.15) is 12.4 Å². The first-order valence-corrected chi connectivity index (χ1v) is 9.97. The monoisotopic (exact) mass is 380 g/mol. The van der Waals surface area contributed by atoms with Gasteiger partial charge in [0.2, 0.25) is 0 Å². The molecule has 3 aromatic rings. The molecule has 0 bridgehead atoms. The van der Waals surface area contributed by atoms with Gasteiger partial charge in [-0.05, 0) is 50.5 Å². The standard InChI is InChI=1S/C22H24N2O2S/c1-16(11-12-18-7-4-3-5-8-18)23-22(25)19-9-6-10-21(13-19)26-14-20-15-27-17(2)24-20/h3-10,13,15-16H,11-12,14H2,1-2H3,(H,23,25). The highest BCUT2D eigenvalue weighted by Crippen LogP contribution is 2.17. The molecule has 0 aliphatic heterocycles. The van der Waals surface area contributed by atoms with Crippen molar-refractivity contribution in [2.75, 3.05) is 0 Å². The average molecular weight is 381 g/mol. The molecule has 0 aliphatic rings. The Hall–Kier alpha value is -2.66. The zero-order valence-electron chi connectivity index (χ0n) is 15.6. The average Bonchev–Trinajstić information content (AvgIpc) is 3.11. The Labute approximate surface area is 164 Å². The van der Waals surface area contributed by atoms with Crippen LogP contribution in [-0.2, 0) is 13.0 Å². The number of hydrogen-bond donors (Lipinski definition) is 1. The molecular formula is C22H24N2O2S. The Bertz CT molecular complexity index is 877. The minimum absolute atomic E-state index is 0.0782. The van der Waals surface area contributed by atoms with E-state index in [4.69, 9.17) is 4.74 Å². The summed E-state index contributed by atoms with van der Waals surface area (Å²) in [5, 5.41) is 6.07. The largest absolute Gasteiger partial charge is 0.487 e. The van der Waals surface area contributed by atoms with Gasteiger partial charge in [-0.15, -0.1) is 11.3 Å². The third kappa shape index (κ3) is 5.93. The maximum atomic E-state index is 12.5. The van der Waals surface area contributed by atoms with E-state index in [1.807, 2.05) is 49.6 Å². The molecule has 1 N–H and O–H groups in total. The van der Waals surface area contributed by atoms with Crippen LogP contribution in [0.25, 0.3) is 0 Å². The molecule has 2 aromatic carbocycles. The Kier molecular flexibility index (Phi) is 6.60. The lowest BCUT2D eigenvalue weighted by Crippen LogP contribution is -2.32. The molecule has 0 fully saturated rings. The molecule has 0 spiro atoms. The number of carbonyl (C=O) groups excluding carboxylic acids is 1. The molecular weight excluding hydrogens is 356 g/mol. The van der Waals surface area contributed by atoms with Crippen LogP contribution in [0.3, 0.4) is 0 Å². The van der Waals surface area contributed by atoms with Crippen LogP contribution in [0.15, 0.2) is 60.0 Å². The van der Waals surface area contributed by atoms with Crippen molar-refractivity contribution in [2.45, 2.75) is 39.3 Å². The second kappa shape index (κ2) is 9.33. The van der Waals surface area contributed by atoms with E-state index in [1.54, 1.807) is 23.5 Å². The Morgan fingerprint density at radius 2 is 2.00 bits per heavy atom. The highest BCUT2D eigenvalue weighted by molar-refractivity contribution is 7.09. The summed E-state index contributed by atoms with van der Waals surface area (Å²) in [7, 11) is 0. The van der Waals surface area contributed by atoms with Crippen LogP contribution in [0.1, 0.15) is 40.0 Å². The number of aromatic nitrogens is 1. The van der Waals surface area contributed by atoms with E-state index in [-0.39, 0.29) is 11.9 Å². The Morgan fingerprint density at radius 1 is 1.19 bits per heavy atom. The van der Waals surface area contributed by atoms with Crippen LogP contribution in [0.4, 0.5) is 0 Å². The fourth-order valence-corrected chi connectivity index (χ4v) is 3.36.